The zero-order valence-corrected chi connectivity index (χ0v) is 8.06. The van der Waals surface area contributed by atoms with E-state index >= 15 is 0 Å². The highest BCUT2D eigenvalue weighted by Crippen LogP contribution is 2.22. The first-order chi connectivity index (χ1) is 7.13. The fourth-order valence-electron chi connectivity index (χ4n) is 1.43. The van der Waals surface area contributed by atoms with Gasteiger partial charge in [-0.3, -0.25) is 4.79 Å². The Bertz CT molecular complexity index is 552. The van der Waals surface area contributed by atoms with Crippen LogP contribution in [-0.4, -0.2) is 21.2 Å². The summed E-state index contributed by atoms with van der Waals surface area (Å²) in [5.74, 6) is 0.317. The molecule has 0 aliphatic carbocycles. The summed E-state index contributed by atoms with van der Waals surface area (Å²) in [5, 5.41) is 0.578. The van der Waals surface area contributed by atoms with E-state index in [1.165, 1.54) is 6.20 Å². The molecule has 0 fully saturated rings. The highest BCUT2D eigenvalue weighted by Gasteiger charge is 2.10. The van der Waals surface area contributed by atoms with Crippen LogP contribution in [0.4, 0.5) is 11.8 Å². The Kier molecular flexibility index (Phi) is 1.96. The van der Waals surface area contributed by atoms with E-state index < -0.39 is 0 Å². The van der Waals surface area contributed by atoms with Gasteiger partial charge in [0.1, 0.15) is 5.82 Å². The average molecular weight is 203 g/mol. The number of aryl methyl sites for hydroxylation is 1. The minimum atomic E-state index is 0.0748. The average Bonchev–Trinajstić information content (AvgIpc) is 2.17. The number of hydrogen-bond acceptors (Lipinski definition) is 6. The van der Waals surface area contributed by atoms with E-state index in [1.807, 2.05) is 0 Å². The number of rotatable bonds is 1. The van der Waals surface area contributed by atoms with Crippen molar-refractivity contribution in [3.63, 3.8) is 0 Å². The predicted molar refractivity (Wildman–Crippen MR) is 56.3 cm³/mol. The normalized spacial score (nSPS) is 10.5. The van der Waals surface area contributed by atoms with Gasteiger partial charge in [0.2, 0.25) is 5.95 Å². The predicted octanol–water partition coefficient (Wildman–Crippen LogP) is 0.310. The molecule has 0 saturated carbocycles. The third-order valence-corrected chi connectivity index (χ3v) is 2.20. The highest BCUT2D eigenvalue weighted by atomic mass is 16.1. The Morgan fingerprint density at radius 1 is 1.33 bits per heavy atom. The zero-order valence-electron chi connectivity index (χ0n) is 8.06. The van der Waals surface area contributed by atoms with Crippen LogP contribution in [0.15, 0.2) is 6.20 Å². The number of carbonyl (C=O) groups is 1. The molecule has 0 atom stereocenters. The van der Waals surface area contributed by atoms with Crippen molar-refractivity contribution in [2.45, 2.75) is 6.92 Å². The molecule has 0 unspecified atom stereocenters. The molecule has 0 aromatic carbocycles. The van der Waals surface area contributed by atoms with Crippen LogP contribution in [0.1, 0.15) is 15.9 Å². The molecule has 4 N–H and O–H groups in total. The topological polar surface area (TPSA) is 108 Å². The Labute approximate surface area is 85.3 Å². The summed E-state index contributed by atoms with van der Waals surface area (Å²) >= 11 is 0. The van der Waals surface area contributed by atoms with Crippen molar-refractivity contribution < 1.29 is 4.79 Å². The zero-order chi connectivity index (χ0) is 11.0. The number of aromatic nitrogens is 3. The van der Waals surface area contributed by atoms with Crippen molar-refractivity contribution >= 4 is 29.1 Å². The lowest BCUT2D eigenvalue weighted by Gasteiger charge is -2.05. The summed E-state index contributed by atoms with van der Waals surface area (Å²) in [6, 6.07) is 0. The molecule has 2 heterocycles. The van der Waals surface area contributed by atoms with E-state index in [1.54, 1.807) is 6.92 Å². The molecule has 0 radical (unpaired) electrons. The van der Waals surface area contributed by atoms with Crippen molar-refractivity contribution in [1.82, 2.24) is 15.0 Å². The standard InChI is InChI=1S/C9H9N5O/c1-4-5(3-15)2-12-8-6(4)7(10)13-9(11)14-8/h2-3H,1H3,(H4,10,11,12,13,14). The molecule has 6 heteroatoms. The maximum Gasteiger partial charge on any atom is 0.224 e. The maximum absolute atomic E-state index is 10.7. The Morgan fingerprint density at radius 3 is 2.73 bits per heavy atom. The molecule has 6 nitrogen and oxygen atoms in total. The van der Waals surface area contributed by atoms with Gasteiger partial charge in [-0.05, 0) is 12.5 Å². The van der Waals surface area contributed by atoms with Gasteiger partial charge in [-0.15, -0.1) is 0 Å². The summed E-state index contributed by atoms with van der Waals surface area (Å²) in [4.78, 5) is 22.5. The lowest BCUT2D eigenvalue weighted by molar-refractivity contribution is 0.112. The molecule has 15 heavy (non-hydrogen) atoms. The van der Waals surface area contributed by atoms with Crippen LogP contribution in [0.25, 0.3) is 11.0 Å². The third kappa shape index (κ3) is 1.35. The minimum absolute atomic E-state index is 0.0748. The maximum atomic E-state index is 10.7. The first-order valence-corrected chi connectivity index (χ1v) is 4.27. The summed E-state index contributed by atoms with van der Waals surface area (Å²) in [5.41, 5.74) is 12.7. The Morgan fingerprint density at radius 2 is 2.07 bits per heavy atom. The first kappa shape index (κ1) is 9.32. The number of pyridine rings is 1. The minimum Gasteiger partial charge on any atom is -0.383 e. The molecule has 0 aliphatic heterocycles. The number of hydrogen-bond donors (Lipinski definition) is 2. The molecule has 2 aromatic rings. The second kappa shape index (κ2) is 3.16. The molecule has 0 saturated heterocycles. The summed E-state index contributed by atoms with van der Waals surface area (Å²) in [6.07, 6.45) is 2.16. The van der Waals surface area contributed by atoms with Gasteiger partial charge in [-0.1, -0.05) is 0 Å². The van der Waals surface area contributed by atoms with Gasteiger partial charge >= 0.3 is 0 Å². The van der Waals surface area contributed by atoms with Crippen LogP contribution in [0.2, 0.25) is 0 Å². The largest absolute Gasteiger partial charge is 0.383 e. The molecule has 2 rings (SSSR count). The van der Waals surface area contributed by atoms with Crippen molar-refractivity contribution in [2.24, 2.45) is 0 Å². The van der Waals surface area contributed by atoms with Crippen LogP contribution >= 0.6 is 0 Å². The smallest absolute Gasteiger partial charge is 0.224 e. The van der Waals surface area contributed by atoms with E-state index in [9.17, 15) is 4.79 Å². The molecule has 76 valence electrons. The van der Waals surface area contributed by atoms with Crippen molar-refractivity contribution in [1.29, 1.82) is 0 Å². The van der Waals surface area contributed by atoms with Gasteiger partial charge in [0.25, 0.3) is 0 Å². The molecule has 0 amide bonds. The van der Waals surface area contributed by atoms with Gasteiger partial charge in [-0.25, -0.2) is 4.98 Å². The fraction of sp³-hybridized carbons (Fsp3) is 0.111. The van der Waals surface area contributed by atoms with E-state index in [0.29, 0.717) is 22.2 Å². The molecular weight excluding hydrogens is 194 g/mol. The van der Waals surface area contributed by atoms with Gasteiger partial charge in [-0.2, -0.15) is 9.97 Å². The van der Waals surface area contributed by atoms with Crippen molar-refractivity contribution in [3.8, 4) is 0 Å². The second-order valence-corrected chi connectivity index (χ2v) is 3.12. The number of nitrogens with two attached hydrogens (primary N) is 2. The third-order valence-electron chi connectivity index (χ3n) is 2.20. The molecule has 0 spiro atoms. The molecule has 2 aromatic heterocycles. The van der Waals surface area contributed by atoms with Crippen LogP contribution in [0.3, 0.4) is 0 Å². The van der Waals surface area contributed by atoms with E-state index in [2.05, 4.69) is 15.0 Å². The van der Waals surface area contributed by atoms with Crippen LogP contribution in [-0.2, 0) is 0 Å². The number of nitrogen functional groups attached to an aromatic ring is 2. The lowest BCUT2D eigenvalue weighted by atomic mass is 10.1. The fourth-order valence-corrected chi connectivity index (χ4v) is 1.43. The highest BCUT2D eigenvalue weighted by molar-refractivity contribution is 5.94. The van der Waals surface area contributed by atoms with Crippen molar-refractivity contribution in [3.05, 3.63) is 17.3 Å². The number of nitrogens with zero attached hydrogens (tertiary/aromatic N) is 3. The Hall–Kier alpha value is -2.24. The Balaban J connectivity index is 2.92. The number of aldehydes is 1. The van der Waals surface area contributed by atoms with E-state index in [-0.39, 0.29) is 11.8 Å². The molecular formula is C9H9N5O. The number of carbonyl (C=O) groups excluding carboxylic acids is 1. The SMILES string of the molecule is Cc1c(C=O)cnc2nc(N)nc(N)c12. The summed E-state index contributed by atoms with van der Waals surface area (Å²) in [6.45, 7) is 1.77. The van der Waals surface area contributed by atoms with Crippen LogP contribution in [0.5, 0.6) is 0 Å². The van der Waals surface area contributed by atoms with Gasteiger partial charge in [0, 0.05) is 11.8 Å². The first-order valence-electron chi connectivity index (χ1n) is 4.27. The molecule has 0 aliphatic rings. The quantitative estimate of drug-likeness (QED) is 0.646. The number of fused-ring (bicyclic) bond motifs is 1. The van der Waals surface area contributed by atoms with E-state index in [4.69, 9.17) is 11.5 Å². The monoisotopic (exact) mass is 203 g/mol. The van der Waals surface area contributed by atoms with Gasteiger partial charge < -0.3 is 11.5 Å². The summed E-state index contributed by atoms with van der Waals surface area (Å²) < 4.78 is 0. The van der Waals surface area contributed by atoms with Crippen LogP contribution in [0, 0.1) is 6.92 Å². The lowest BCUT2D eigenvalue weighted by Crippen LogP contribution is -2.04. The molecule has 0 bridgehead atoms. The number of anilines is 2. The van der Waals surface area contributed by atoms with Gasteiger partial charge in [0.15, 0.2) is 11.9 Å². The second-order valence-electron chi connectivity index (χ2n) is 3.12. The van der Waals surface area contributed by atoms with E-state index in [0.717, 1.165) is 6.29 Å². The summed E-state index contributed by atoms with van der Waals surface area (Å²) in [7, 11) is 0. The van der Waals surface area contributed by atoms with Crippen molar-refractivity contribution in [2.75, 3.05) is 11.5 Å². The van der Waals surface area contributed by atoms with Gasteiger partial charge in [0.05, 0.1) is 5.39 Å². The van der Waals surface area contributed by atoms with Crippen LogP contribution < -0.4 is 11.5 Å².